The van der Waals surface area contributed by atoms with Crippen molar-refractivity contribution in [3.63, 3.8) is 0 Å². The van der Waals surface area contributed by atoms with Gasteiger partial charge in [-0.15, -0.1) is 0 Å². The molecule has 1 aromatic carbocycles. The van der Waals surface area contributed by atoms with Crippen molar-refractivity contribution in [1.29, 1.82) is 0 Å². The average Bonchev–Trinajstić information content (AvgIpc) is 2.76. The van der Waals surface area contributed by atoms with Gasteiger partial charge >= 0.3 is 11.9 Å². The molecule has 0 saturated carbocycles. The molecule has 1 fully saturated rings. The number of ether oxygens (including phenoxy) is 4. The third-order valence-corrected chi connectivity index (χ3v) is 2.96. The highest BCUT2D eigenvalue weighted by molar-refractivity contribution is 5.92. The van der Waals surface area contributed by atoms with Crippen molar-refractivity contribution in [3.05, 3.63) is 23.8 Å². The fraction of sp³-hybridized carbons (Fsp3) is 0.429. The van der Waals surface area contributed by atoms with Crippen molar-refractivity contribution < 1.29 is 28.5 Å². The van der Waals surface area contributed by atoms with Gasteiger partial charge in [0.2, 0.25) is 6.10 Å². The summed E-state index contributed by atoms with van der Waals surface area (Å²) in [7, 11) is 2.97. The maximum absolute atomic E-state index is 12.0. The first kappa shape index (κ1) is 14.2. The first-order valence-corrected chi connectivity index (χ1v) is 6.18. The van der Waals surface area contributed by atoms with Gasteiger partial charge in [0.25, 0.3) is 0 Å². The van der Waals surface area contributed by atoms with Crippen molar-refractivity contribution >= 4 is 11.9 Å². The highest BCUT2D eigenvalue weighted by atomic mass is 16.6. The molecule has 0 spiro atoms. The Balaban J connectivity index is 2.14. The van der Waals surface area contributed by atoms with Crippen LogP contribution in [-0.4, -0.2) is 38.4 Å². The summed E-state index contributed by atoms with van der Waals surface area (Å²) >= 11 is 0. The summed E-state index contributed by atoms with van der Waals surface area (Å²) in [6.45, 7) is 1.75. The molecule has 6 heteroatoms. The van der Waals surface area contributed by atoms with E-state index >= 15 is 0 Å². The second-order valence-corrected chi connectivity index (χ2v) is 4.48. The van der Waals surface area contributed by atoms with Crippen molar-refractivity contribution in [2.45, 2.75) is 25.6 Å². The maximum Gasteiger partial charge on any atom is 0.347 e. The van der Waals surface area contributed by atoms with Crippen molar-refractivity contribution in [1.82, 2.24) is 0 Å². The lowest BCUT2D eigenvalue weighted by atomic mass is 10.2. The van der Waals surface area contributed by atoms with Crippen LogP contribution < -0.4 is 9.47 Å². The number of benzene rings is 1. The van der Waals surface area contributed by atoms with E-state index in [4.69, 9.17) is 18.9 Å². The van der Waals surface area contributed by atoms with Crippen LogP contribution in [0.15, 0.2) is 18.2 Å². The molecule has 0 aromatic heterocycles. The molecule has 2 rings (SSSR count). The first-order chi connectivity index (χ1) is 9.53. The predicted octanol–water partition coefficient (Wildman–Crippen LogP) is 1.56. The Labute approximate surface area is 116 Å². The summed E-state index contributed by atoms with van der Waals surface area (Å²) in [5, 5.41) is 0. The van der Waals surface area contributed by atoms with Crippen LogP contribution in [0.5, 0.6) is 11.5 Å². The zero-order valence-electron chi connectivity index (χ0n) is 11.5. The van der Waals surface area contributed by atoms with Gasteiger partial charge in [0.05, 0.1) is 19.8 Å². The predicted molar refractivity (Wildman–Crippen MR) is 68.9 cm³/mol. The lowest BCUT2D eigenvalue weighted by Gasteiger charge is -2.10. The monoisotopic (exact) mass is 280 g/mol. The van der Waals surface area contributed by atoms with E-state index in [2.05, 4.69) is 0 Å². The van der Waals surface area contributed by atoms with Crippen LogP contribution in [0.4, 0.5) is 0 Å². The van der Waals surface area contributed by atoms with Crippen LogP contribution in [0.1, 0.15) is 23.7 Å². The van der Waals surface area contributed by atoms with Gasteiger partial charge in [-0.3, -0.25) is 0 Å². The van der Waals surface area contributed by atoms with Gasteiger partial charge in [-0.25, -0.2) is 9.59 Å². The first-order valence-electron chi connectivity index (χ1n) is 6.18. The summed E-state index contributed by atoms with van der Waals surface area (Å²) in [6.07, 6.45) is -0.721. The molecule has 0 bridgehead atoms. The molecular formula is C14H16O6. The molecule has 1 aliphatic heterocycles. The minimum absolute atomic E-state index is 0.236. The van der Waals surface area contributed by atoms with Crippen molar-refractivity contribution in [2.75, 3.05) is 14.2 Å². The van der Waals surface area contributed by atoms with E-state index in [-0.39, 0.29) is 11.7 Å². The van der Waals surface area contributed by atoms with Gasteiger partial charge in [0, 0.05) is 12.5 Å². The lowest BCUT2D eigenvalue weighted by molar-refractivity contribution is -0.147. The Morgan fingerprint density at radius 3 is 2.25 bits per heavy atom. The Bertz CT molecular complexity index is 502. The summed E-state index contributed by atoms with van der Waals surface area (Å²) in [6, 6.07) is 4.69. The Hall–Kier alpha value is -2.24. The summed E-state index contributed by atoms with van der Waals surface area (Å²) in [5.41, 5.74) is 0.258. The van der Waals surface area contributed by atoms with Crippen LogP contribution >= 0.6 is 0 Å². The third kappa shape index (κ3) is 3.01. The second kappa shape index (κ2) is 5.81. The molecule has 0 amide bonds. The number of cyclic esters (lactones) is 1. The molecular weight excluding hydrogens is 264 g/mol. The van der Waals surface area contributed by atoms with Gasteiger partial charge < -0.3 is 18.9 Å². The highest BCUT2D eigenvalue weighted by Crippen LogP contribution is 2.24. The number of hydrogen-bond acceptors (Lipinski definition) is 6. The molecule has 1 saturated heterocycles. The molecule has 2 atom stereocenters. The van der Waals surface area contributed by atoms with E-state index in [0.717, 1.165) is 0 Å². The SMILES string of the molecule is COc1cc(OC)cc(C(=O)O[C@@H]2C[C@H](C)OC2=O)c1. The zero-order valence-corrected chi connectivity index (χ0v) is 11.5. The normalized spacial score (nSPS) is 21.2. The topological polar surface area (TPSA) is 71.1 Å². The number of esters is 2. The van der Waals surface area contributed by atoms with E-state index in [9.17, 15) is 9.59 Å². The van der Waals surface area contributed by atoms with E-state index < -0.39 is 18.0 Å². The fourth-order valence-electron chi connectivity index (χ4n) is 1.94. The van der Waals surface area contributed by atoms with Gasteiger partial charge in [-0.1, -0.05) is 0 Å². The van der Waals surface area contributed by atoms with Crippen molar-refractivity contribution in [2.24, 2.45) is 0 Å². The van der Waals surface area contributed by atoms with Crippen LogP contribution in [0.3, 0.4) is 0 Å². The Kier molecular flexibility index (Phi) is 4.12. The molecule has 1 aliphatic rings. The van der Waals surface area contributed by atoms with Crippen LogP contribution in [0.25, 0.3) is 0 Å². The summed E-state index contributed by atoms with van der Waals surface area (Å²) < 4.78 is 20.2. The largest absolute Gasteiger partial charge is 0.497 e. The quantitative estimate of drug-likeness (QED) is 0.779. The van der Waals surface area contributed by atoms with E-state index in [1.807, 2.05) is 0 Å². The van der Waals surface area contributed by atoms with Crippen molar-refractivity contribution in [3.8, 4) is 11.5 Å². The zero-order chi connectivity index (χ0) is 14.7. The smallest absolute Gasteiger partial charge is 0.347 e. The summed E-state index contributed by atoms with van der Waals surface area (Å²) in [5.74, 6) is -0.184. The van der Waals surface area contributed by atoms with Gasteiger partial charge in [0.15, 0.2) is 0 Å². The lowest BCUT2D eigenvalue weighted by Crippen LogP contribution is -2.22. The number of carbonyl (C=O) groups excluding carboxylic acids is 2. The fourth-order valence-corrected chi connectivity index (χ4v) is 1.94. The van der Waals surface area contributed by atoms with Gasteiger partial charge in [0.1, 0.15) is 17.6 Å². The molecule has 1 aromatic rings. The minimum Gasteiger partial charge on any atom is -0.497 e. The number of hydrogen-bond donors (Lipinski definition) is 0. The molecule has 20 heavy (non-hydrogen) atoms. The Morgan fingerprint density at radius 2 is 1.80 bits per heavy atom. The van der Waals surface area contributed by atoms with Gasteiger partial charge in [-0.05, 0) is 19.1 Å². The molecule has 1 heterocycles. The molecule has 108 valence electrons. The third-order valence-electron chi connectivity index (χ3n) is 2.96. The minimum atomic E-state index is -0.852. The molecule has 0 aliphatic carbocycles. The van der Waals surface area contributed by atoms with E-state index in [1.54, 1.807) is 13.0 Å². The number of methoxy groups -OCH3 is 2. The molecule has 0 N–H and O–H groups in total. The Morgan fingerprint density at radius 1 is 1.20 bits per heavy atom. The average molecular weight is 280 g/mol. The standard InChI is InChI=1S/C14H16O6/c1-8-4-12(14(16)19-8)20-13(15)9-5-10(17-2)7-11(6-9)18-3/h5-8,12H,4H2,1-3H3/t8-,12+/m0/s1. The molecule has 0 unspecified atom stereocenters. The second-order valence-electron chi connectivity index (χ2n) is 4.48. The maximum atomic E-state index is 12.0. The van der Waals surface area contributed by atoms with Gasteiger partial charge in [-0.2, -0.15) is 0 Å². The van der Waals surface area contributed by atoms with E-state index in [1.165, 1.54) is 26.4 Å². The molecule has 0 radical (unpaired) electrons. The van der Waals surface area contributed by atoms with Crippen LogP contribution in [0, 0.1) is 0 Å². The number of rotatable bonds is 4. The molecule has 6 nitrogen and oxygen atoms in total. The van der Waals surface area contributed by atoms with E-state index in [0.29, 0.717) is 17.9 Å². The highest BCUT2D eigenvalue weighted by Gasteiger charge is 2.35. The van der Waals surface area contributed by atoms with Crippen LogP contribution in [-0.2, 0) is 14.3 Å². The summed E-state index contributed by atoms with van der Waals surface area (Å²) in [4.78, 5) is 23.5. The number of carbonyl (C=O) groups is 2. The van der Waals surface area contributed by atoms with Crippen LogP contribution in [0.2, 0.25) is 0 Å².